The van der Waals surface area contributed by atoms with Crippen molar-refractivity contribution in [2.24, 2.45) is 0 Å². The molecule has 0 unspecified atom stereocenters. The fraction of sp³-hybridized carbons (Fsp3) is 0.588. The van der Waals surface area contributed by atoms with E-state index in [1.54, 1.807) is 6.20 Å². The summed E-state index contributed by atoms with van der Waals surface area (Å²) in [5.74, 6) is 0.0243. The van der Waals surface area contributed by atoms with Crippen LogP contribution in [0.3, 0.4) is 0 Å². The van der Waals surface area contributed by atoms with Crippen molar-refractivity contribution in [1.29, 1.82) is 0 Å². The zero-order valence-electron chi connectivity index (χ0n) is 14.4. The highest BCUT2D eigenvalue weighted by atomic mass is 16.5. The average molecular weight is 316 g/mol. The predicted molar refractivity (Wildman–Crippen MR) is 88.6 cm³/mol. The Morgan fingerprint density at radius 3 is 2.57 bits per heavy atom. The zero-order valence-corrected chi connectivity index (χ0v) is 14.4. The van der Waals surface area contributed by atoms with E-state index < -0.39 is 0 Å². The molecule has 1 saturated heterocycles. The summed E-state index contributed by atoms with van der Waals surface area (Å²) in [7, 11) is 0. The number of fused-ring (bicyclic) bond motifs is 1. The number of carbonyl (C=O) groups is 1. The highest BCUT2D eigenvalue weighted by molar-refractivity contribution is 5.98. The lowest BCUT2D eigenvalue weighted by Gasteiger charge is -2.35. The minimum absolute atomic E-state index is 0.0243. The van der Waals surface area contributed by atoms with E-state index in [0.29, 0.717) is 18.7 Å². The number of hydrogen-bond donors (Lipinski definition) is 0. The maximum absolute atomic E-state index is 12.9. The van der Waals surface area contributed by atoms with Crippen LogP contribution in [0.15, 0.2) is 12.3 Å². The number of aromatic nitrogens is 3. The van der Waals surface area contributed by atoms with Crippen molar-refractivity contribution in [3.63, 3.8) is 0 Å². The molecule has 1 aliphatic heterocycles. The first-order chi connectivity index (χ1) is 10.9. The van der Waals surface area contributed by atoms with Crippen LogP contribution in [0.5, 0.6) is 0 Å². The molecule has 3 rings (SSSR count). The normalized spacial score (nSPS) is 22.1. The van der Waals surface area contributed by atoms with Crippen molar-refractivity contribution in [3.8, 4) is 0 Å². The fourth-order valence-corrected chi connectivity index (χ4v) is 3.17. The molecule has 3 heterocycles. The van der Waals surface area contributed by atoms with Gasteiger partial charge in [0.15, 0.2) is 5.65 Å². The molecule has 0 aromatic carbocycles. The van der Waals surface area contributed by atoms with Crippen molar-refractivity contribution in [3.05, 3.63) is 23.5 Å². The zero-order chi connectivity index (χ0) is 16.7. The summed E-state index contributed by atoms with van der Waals surface area (Å²) < 4.78 is 7.59. The number of carbonyl (C=O) groups excluding carboxylic acids is 1. The molecule has 6 heteroatoms. The Hall–Kier alpha value is -1.95. The number of ether oxygens (including phenoxy) is 1. The molecule has 124 valence electrons. The minimum atomic E-state index is 0.0243. The summed E-state index contributed by atoms with van der Waals surface area (Å²) in [6.07, 6.45) is 1.90. The number of hydrogen-bond acceptors (Lipinski definition) is 4. The minimum Gasteiger partial charge on any atom is -0.372 e. The lowest BCUT2D eigenvalue weighted by Crippen LogP contribution is -2.48. The maximum Gasteiger partial charge on any atom is 0.255 e. The van der Waals surface area contributed by atoms with E-state index in [1.165, 1.54) is 0 Å². The molecule has 2 aromatic heterocycles. The molecule has 0 radical (unpaired) electrons. The number of aryl methyl sites for hydroxylation is 1. The van der Waals surface area contributed by atoms with E-state index in [4.69, 9.17) is 4.74 Å². The van der Waals surface area contributed by atoms with Crippen LogP contribution in [0.2, 0.25) is 0 Å². The third-order valence-electron chi connectivity index (χ3n) is 4.19. The second-order valence-corrected chi connectivity index (χ2v) is 6.68. The molecule has 0 spiro atoms. The number of morpholine rings is 1. The van der Waals surface area contributed by atoms with Gasteiger partial charge >= 0.3 is 0 Å². The van der Waals surface area contributed by atoms with Gasteiger partial charge in [-0.1, -0.05) is 0 Å². The molecule has 0 aliphatic carbocycles. The van der Waals surface area contributed by atoms with Crippen LogP contribution in [0.25, 0.3) is 11.0 Å². The average Bonchev–Trinajstić information content (AvgIpc) is 2.87. The van der Waals surface area contributed by atoms with Gasteiger partial charge in [-0.05, 0) is 40.7 Å². The van der Waals surface area contributed by atoms with Gasteiger partial charge in [0, 0.05) is 24.5 Å². The van der Waals surface area contributed by atoms with Gasteiger partial charge in [-0.15, -0.1) is 0 Å². The Morgan fingerprint density at radius 2 is 1.96 bits per heavy atom. The topological polar surface area (TPSA) is 60.2 Å². The number of pyridine rings is 1. The third kappa shape index (κ3) is 2.95. The van der Waals surface area contributed by atoms with Gasteiger partial charge in [-0.3, -0.25) is 4.79 Å². The van der Waals surface area contributed by atoms with Gasteiger partial charge in [0.2, 0.25) is 0 Å². The van der Waals surface area contributed by atoms with Gasteiger partial charge in [-0.2, -0.15) is 5.10 Å². The Morgan fingerprint density at radius 1 is 1.30 bits per heavy atom. The van der Waals surface area contributed by atoms with E-state index >= 15 is 0 Å². The molecule has 0 N–H and O–H groups in total. The molecular formula is C17H24N4O2. The molecule has 1 fully saturated rings. The molecule has 1 aliphatic rings. The van der Waals surface area contributed by atoms with Crippen molar-refractivity contribution in [2.45, 2.75) is 52.9 Å². The highest BCUT2D eigenvalue weighted by Gasteiger charge is 2.28. The highest BCUT2D eigenvalue weighted by Crippen LogP contribution is 2.22. The molecule has 6 nitrogen and oxygen atoms in total. The second kappa shape index (κ2) is 5.92. The fourth-order valence-electron chi connectivity index (χ4n) is 3.17. The van der Waals surface area contributed by atoms with E-state index in [9.17, 15) is 4.79 Å². The van der Waals surface area contributed by atoms with E-state index in [-0.39, 0.29) is 24.2 Å². The van der Waals surface area contributed by atoms with E-state index in [1.807, 2.05) is 36.4 Å². The van der Waals surface area contributed by atoms with Crippen LogP contribution in [0, 0.1) is 6.92 Å². The van der Waals surface area contributed by atoms with Gasteiger partial charge in [0.05, 0.1) is 29.7 Å². The number of amides is 1. The van der Waals surface area contributed by atoms with Gasteiger partial charge in [0.25, 0.3) is 5.91 Å². The predicted octanol–water partition coefficient (Wildman–Crippen LogP) is 2.57. The van der Waals surface area contributed by atoms with Gasteiger partial charge < -0.3 is 9.64 Å². The quantitative estimate of drug-likeness (QED) is 0.854. The Labute approximate surface area is 136 Å². The van der Waals surface area contributed by atoms with Crippen LogP contribution < -0.4 is 0 Å². The standard InChI is InChI=1S/C17H24N4O2/c1-10(2)21-16-14(7-18-21)6-15(13(5)19-16)17(22)20-8-11(3)23-12(4)9-20/h6-7,10-12H,8-9H2,1-5H3/t11-,12-/m1/s1. The van der Waals surface area contributed by atoms with E-state index in [2.05, 4.69) is 23.9 Å². The Kier molecular flexibility index (Phi) is 4.10. The number of nitrogens with zero attached hydrogens (tertiary/aromatic N) is 4. The summed E-state index contributed by atoms with van der Waals surface area (Å²) in [4.78, 5) is 19.4. The molecule has 1 amide bonds. The van der Waals surface area contributed by atoms with Crippen molar-refractivity contribution in [1.82, 2.24) is 19.7 Å². The SMILES string of the molecule is Cc1nc2c(cnn2C(C)C)cc1C(=O)N1C[C@@H](C)O[C@H](C)C1. The first kappa shape index (κ1) is 15.9. The van der Waals surface area contributed by atoms with Crippen molar-refractivity contribution in [2.75, 3.05) is 13.1 Å². The monoisotopic (exact) mass is 316 g/mol. The van der Waals surface area contributed by atoms with Crippen LogP contribution >= 0.6 is 0 Å². The van der Waals surface area contributed by atoms with Crippen LogP contribution in [-0.4, -0.2) is 50.9 Å². The first-order valence-electron chi connectivity index (χ1n) is 8.16. The number of rotatable bonds is 2. The maximum atomic E-state index is 12.9. The Bertz CT molecular complexity index is 728. The molecule has 2 atom stereocenters. The van der Waals surface area contributed by atoms with Gasteiger partial charge in [-0.25, -0.2) is 9.67 Å². The first-order valence-corrected chi connectivity index (χ1v) is 8.16. The van der Waals surface area contributed by atoms with Crippen LogP contribution in [-0.2, 0) is 4.74 Å². The summed E-state index contributed by atoms with van der Waals surface area (Å²) in [5, 5.41) is 5.29. The molecule has 0 saturated carbocycles. The smallest absolute Gasteiger partial charge is 0.255 e. The van der Waals surface area contributed by atoms with Crippen molar-refractivity contribution < 1.29 is 9.53 Å². The summed E-state index contributed by atoms with van der Waals surface area (Å²) in [6, 6.07) is 2.15. The summed E-state index contributed by atoms with van der Waals surface area (Å²) in [6.45, 7) is 11.3. The molecular weight excluding hydrogens is 292 g/mol. The largest absolute Gasteiger partial charge is 0.372 e. The van der Waals surface area contributed by atoms with Gasteiger partial charge in [0.1, 0.15) is 0 Å². The van der Waals surface area contributed by atoms with Crippen molar-refractivity contribution >= 4 is 16.9 Å². The third-order valence-corrected chi connectivity index (χ3v) is 4.19. The van der Waals surface area contributed by atoms with Crippen LogP contribution in [0.1, 0.15) is 49.8 Å². The molecule has 0 bridgehead atoms. The van der Waals surface area contributed by atoms with E-state index in [0.717, 1.165) is 16.7 Å². The lowest BCUT2D eigenvalue weighted by atomic mass is 10.1. The summed E-state index contributed by atoms with van der Waals surface area (Å²) >= 11 is 0. The lowest BCUT2D eigenvalue weighted by molar-refractivity contribution is -0.0586. The summed E-state index contributed by atoms with van der Waals surface area (Å²) in [5.41, 5.74) is 2.23. The Balaban J connectivity index is 1.96. The molecule has 2 aromatic rings. The van der Waals surface area contributed by atoms with Crippen LogP contribution in [0.4, 0.5) is 0 Å². The molecule has 23 heavy (non-hydrogen) atoms. The second-order valence-electron chi connectivity index (χ2n) is 6.68.